The summed E-state index contributed by atoms with van der Waals surface area (Å²) in [5.74, 6) is 0.801. The van der Waals surface area contributed by atoms with Gasteiger partial charge in [0.15, 0.2) is 0 Å². The van der Waals surface area contributed by atoms with Gasteiger partial charge in [-0.25, -0.2) is 9.78 Å². The number of nitrogens with zero attached hydrogens (tertiary/aromatic N) is 2. The number of hydrogen-bond donors (Lipinski definition) is 2. The van der Waals surface area contributed by atoms with Crippen molar-refractivity contribution < 1.29 is 14.3 Å². The fourth-order valence-electron chi connectivity index (χ4n) is 4.51. The number of aromatic amines is 1. The molecular formula is C27H26N4O3S. The molecule has 178 valence electrons. The molecule has 1 saturated heterocycles. The first-order chi connectivity index (χ1) is 17.1. The standard InChI is InChI=1S/C27H26N4O3S/c1-33-24-8-4-3-7-19(24)22-16-29-25-20(22)14-18(15-28-25)17-9-10-23(30-27(32)34-2)21(13-17)26(35)31-11-5-6-12-31/h3-4,7-10,13-16H,5-6,11-12H2,1-2H3,(H,28,29)(H,30,32). The lowest BCUT2D eigenvalue weighted by Crippen LogP contribution is -2.28. The Morgan fingerprint density at radius 3 is 2.63 bits per heavy atom. The average Bonchev–Trinajstić information content (AvgIpc) is 3.58. The third kappa shape index (κ3) is 4.44. The Bertz CT molecular complexity index is 1410. The van der Waals surface area contributed by atoms with Gasteiger partial charge in [-0.3, -0.25) is 5.32 Å². The number of hydrogen-bond acceptors (Lipinski definition) is 5. The highest BCUT2D eigenvalue weighted by Crippen LogP contribution is 2.36. The smallest absolute Gasteiger partial charge is 0.411 e. The Morgan fingerprint density at radius 2 is 1.86 bits per heavy atom. The number of para-hydroxylation sites is 1. The first kappa shape index (κ1) is 22.9. The van der Waals surface area contributed by atoms with E-state index in [1.807, 2.05) is 54.9 Å². The van der Waals surface area contributed by atoms with Crippen LogP contribution in [0.3, 0.4) is 0 Å². The van der Waals surface area contributed by atoms with Gasteiger partial charge in [0.05, 0.1) is 19.9 Å². The van der Waals surface area contributed by atoms with E-state index in [1.165, 1.54) is 7.11 Å². The van der Waals surface area contributed by atoms with E-state index >= 15 is 0 Å². The number of likely N-dealkylation sites (tertiary alicyclic amines) is 1. The number of pyridine rings is 1. The summed E-state index contributed by atoms with van der Waals surface area (Å²) in [6, 6.07) is 15.9. The van der Waals surface area contributed by atoms with E-state index in [0.29, 0.717) is 5.69 Å². The molecule has 2 aromatic heterocycles. The van der Waals surface area contributed by atoms with Gasteiger partial charge >= 0.3 is 6.09 Å². The van der Waals surface area contributed by atoms with E-state index in [0.717, 1.165) is 75.5 Å². The highest BCUT2D eigenvalue weighted by molar-refractivity contribution is 7.80. The molecule has 0 bridgehead atoms. The van der Waals surface area contributed by atoms with Gasteiger partial charge in [0, 0.05) is 53.1 Å². The first-order valence-corrected chi connectivity index (χ1v) is 11.9. The predicted octanol–water partition coefficient (Wildman–Crippen LogP) is 5.86. The summed E-state index contributed by atoms with van der Waals surface area (Å²) in [6.07, 6.45) is 5.49. The van der Waals surface area contributed by atoms with Crippen molar-refractivity contribution in [2.24, 2.45) is 0 Å². The molecule has 1 fully saturated rings. The van der Waals surface area contributed by atoms with Gasteiger partial charge < -0.3 is 19.4 Å². The van der Waals surface area contributed by atoms with E-state index in [-0.39, 0.29) is 0 Å². The molecule has 1 aliphatic heterocycles. The molecule has 0 unspecified atom stereocenters. The molecule has 3 heterocycles. The molecule has 2 N–H and O–H groups in total. The highest BCUT2D eigenvalue weighted by Gasteiger charge is 2.21. The number of thiocarbonyl (C=S) groups is 1. The summed E-state index contributed by atoms with van der Waals surface area (Å²) in [5.41, 5.74) is 6.14. The number of nitrogens with one attached hydrogen (secondary N) is 2. The number of fused-ring (bicyclic) bond motifs is 1. The maximum atomic E-state index is 12.0. The Labute approximate surface area is 209 Å². The van der Waals surface area contributed by atoms with E-state index in [1.54, 1.807) is 7.11 Å². The summed E-state index contributed by atoms with van der Waals surface area (Å²) >= 11 is 5.84. The SMILES string of the molecule is COC(=O)Nc1ccc(-c2cnc3[nH]cc(-c4ccccc4OC)c3c2)cc1C(=S)N1CCCC1. The normalized spacial score (nSPS) is 13.1. The minimum absolute atomic E-state index is 0.528. The topological polar surface area (TPSA) is 79.5 Å². The molecule has 1 aliphatic rings. The van der Waals surface area contributed by atoms with Gasteiger partial charge in [0.25, 0.3) is 0 Å². The lowest BCUT2D eigenvalue weighted by Gasteiger charge is -2.21. The van der Waals surface area contributed by atoms with Crippen molar-refractivity contribution in [2.75, 3.05) is 32.6 Å². The van der Waals surface area contributed by atoms with Crippen LogP contribution in [0.4, 0.5) is 10.5 Å². The van der Waals surface area contributed by atoms with E-state index in [2.05, 4.69) is 26.3 Å². The molecule has 8 heteroatoms. The largest absolute Gasteiger partial charge is 0.496 e. The van der Waals surface area contributed by atoms with Crippen LogP contribution in [0, 0.1) is 0 Å². The number of H-pyrrole nitrogens is 1. The molecule has 7 nitrogen and oxygen atoms in total. The number of amides is 1. The second-order valence-electron chi connectivity index (χ2n) is 8.40. The van der Waals surface area contributed by atoms with Crippen LogP contribution in [0.15, 0.2) is 60.9 Å². The lowest BCUT2D eigenvalue weighted by atomic mass is 9.99. The number of aromatic nitrogens is 2. The van der Waals surface area contributed by atoms with Crippen molar-refractivity contribution >= 4 is 40.0 Å². The monoisotopic (exact) mass is 486 g/mol. The zero-order chi connectivity index (χ0) is 24.4. The zero-order valence-corrected chi connectivity index (χ0v) is 20.4. The van der Waals surface area contributed by atoms with Gasteiger partial charge in [-0.15, -0.1) is 0 Å². The van der Waals surface area contributed by atoms with Crippen LogP contribution in [0.25, 0.3) is 33.3 Å². The second-order valence-corrected chi connectivity index (χ2v) is 8.79. The number of anilines is 1. The molecule has 1 amide bonds. The van der Waals surface area contributed by atoms with Gasteiger partial charge in [-0.1, -0.05) is 36.5 Å². The minimum Gasteiger partial charge on any atom is -0.496 e. The molecular weight excluding hydrogens is 460 g/mol. The number of carbonyl (C=O) groups is 1. The molecule has 0 radical (unpaired) electrons. The van der Waals surface area contributed by atoms with Crippen molar-refractivity contribution in [2.45, 2.75) is 12.8 Å². The molecule has 0 saturated carbocycles. The van der Waals surface area contributed by atoms with Crippen LogP contribution < -0.4 is 10.1 Å². The third-order valence-electron chi connectivity index (χ3n) is 6.33. The number of methoxy groups -OCH3 is 2. The van der Waals surface area contributed by atoms with E-state index in [9.17, 15) is 4.79 Å². The van der Waals surface area contributed by atoms with Crippen LogP contribution in [0.1, 0.15) is 18.4 Å². The molecule has 0 aliphatic carbocycles. The van der Waals surface area contributed by atoms with E-state index in [4.69, 9.17) is 21.7 Å². The summed E-state index contributed by atoms with van der Waals surface area (Å²) in [4.78, 5) is 22.8. The Morgan fingerprint density at radius 1 is 1.06 bits per heavy atom. The zero-order valence-electron chi connectivity index (χ0n) is 19.6. The van der Waals surface area contributed by atoms with Crippen molar-refractivity contribution in [3.63, 3.8) is 0 Å². The second kappa shape index (κ2) is 9.76. The Balaban J connectivity index is 1.59. The third-order valence-corrected chi connectivity index (χ3v) is 6.81. The van der Waals surface area contributed by atoms with Gasteiger partial charge in [0.2, 0.25) is 0 Å². The molecule has 5 rings (SSSR count). The van der Waals surface area contributed by atoms with Gasteiger partial charge in [-0.05, 0) is 42.7 Å². The summed E-state index contributed by atoms with van der Waals surface area (Å²) in [6.45, 7) is 1.83. The maximum absolute atomic E-state index is 12.0. The van der Waals surface area contributed by atoms with Gasteiger partial charge in [0.1, 0.15) is 16.4 Å². The molecule has 0 atom stereocenters. The highest BCUT2D eigenvalue weighted by atomic mass is 32.1. The summed E-state index contributed by atoms with van der Waals surface area (Å²) in [5, 5.41) is 3.80. The van der Waals surface area contributed by atoms with Crippen LogP contribution in [-0.4, -0.2) is 53.3 Å². The Hall–Kier alpha value is -3.91. The van der Waals surface area contributed by atoms with Crippen LogP contribution in [-0.2, 0) is 4.74 Å². The lowest BCUT2D eigenvalue weighted by molar-refractivity contribution is 0.187. The van der Waals surface area contributed by atoms with Crippen molar-refractivity contribution in [1.82, 2.24) is 14.9 Å². The minimum atomic E-state index is -0.528. The molecule has 0 spiro atoms. The summed E-state index contributed by atoms with van der Waals surface area (Å²) < 4.78 is 10.4. The van der Waals surface area contributed by atoms with Crippen LogP contribution >= 0.6 is 12.2 Å². The first-order valence-electron chi connectivity index (χ1n) is 11.5. The number of carbonyl (C=O) groups excluding carboxylic acids is 1. The van der Waals surface area contributed by atoms with Crippen molar-refractivity contribution in [1.29, 1.82) is 0 Å². The van der Waals surface area contributed by atoms with Crippen LogP contribution in [0.5, 0.6) is 5.75 Å². The summed E-state index contributed by atoms with van der Waals surface area (Å²) in [7, 11) is 3.02. The Kier molecular flexibility index (Phi) is 6.37. The maximum Gasteiger partial charge on any atom is 0.411 e. The number of ether oxygens (including phenoxy) is 2. The molecule has 2 aromatic carbocycles. The fraction of sp³-hybridized carbons (Fsp3) is 0.222. The quantitative estimate of drug-likeness (QED) is 0.344. The number of rotatable bonds is 5. The fourth-order valence-corrected chi connectivity index (χ4v) is 4.86. The molecule has 4 aromatic rings. The predicted molar refractivity (Wildman–Crippen MR) is 142 cm³/mol. The van der Waals surface area contributed by atoms with Crippen LogP contribution in [0.2, 0.25) is 0 Å². The van der Waals surface area contributed by atoms with Gasteiger partial charge in [-0.2, -0.15) is 0 Å². The van der Waals surface area contributed by atoms with Crippen molar-refractivity contribution in [3.05, 3.63) is 66.5 Å². The van der Waals surface area contributed by atoms with E-state index < -0.39 is 6.09 Å². The number of benzene rings is 2. The van der Waals surface area contributed by atoms with Crippen molar-refractivity contribution in [3.8, 4) is 28.0 Å². The average molecular weight is 487 g/mol. The molecule has 35 heavy (non-hydrogen) atoms.